The van der Waals surface area contributed by atoms with Crippen molar-refractivity contribution in [2.45, 2.75) is 13.3 Å². The second-order valence-corrected chi connectivity index (χ2v) is 7.96. The van der Waals surface area contributed by atoms with Crippen LogP contribution in [0.25, 0.3) is 6.08 Å². The van der Waals surface area contributed by atoms with E-state index in [1.54, 1.807) is 22.2 Å². The predicted octanol–water partition coefficient (Wildman–Crippen LogP) is 3.64. The van der Waals surface area contributed by atoms with Crippen LogP contribution < -0.4 is 10.2 Å². The number of carbonyl (C=O) groups is 1. The molecule has 0 atom stereocenters. The molecule has 1 saturated heterocycles. The molecule has 0 radical (unpaired) electrons. The molecule has 0 unspecified atom stereocenters. The van der Waals surface area contributed by atoms with E-state index in [9.17, 15) is 4.79 Å². The van der Waals surface area contributed by atoms with Crippen molar-refractivity contribution in [1.29, 1.82) is 0 Å². The van der Waals surface area contributed by atoms with Gasteiger partial charge in [0.1, 0.15) is 5.70 Å². The molecule has 1 aliphatic rings. The molecule has 0 aliphatic carbocycles. The van der Waals surface area contributed by atoms with Crippen molar-refractivity contribution < 1.29 is 4.79 Å². The van der Waals surface area contributed by atoms with Gasteiger partial charge in [-0.3, -0.25) is 9.48 Å². The largest absolute Gasteiger partial charge is 0.327 e. The van der Waals surface area contributed by atoms with Gasteiger partial charge in [0.2, 0.25) is 0 Å². The lowest BCUT2D eigenvalue weighted by Crippen LogP contribution is -2.30. The van der Waals surface area contributed by atoms with E-state index in [0.29, 0.717) is 16.5 Å². The van der Waals surface area contributed by atoms with Crippen LogP contribution >= 0.6 is 23.6 Å². The third kappa shape index (κ3) is 3.56. The zero-order valence-corrected chi connectivity index (χ0v) is 16.6. The first-order chi connectivity index (χ1) is 13.0. The summed E-state index contributed by atoms with van der Waals surface area (Å²) in [5.74, 6) is -0.158. The molecule has 0 saturated carbocycles. The van der Waals surface area contributed by atoms with Crippen LogP contribution in [-0.4, -0.2) is 20.8 Å². The Kier molecular flexibility index (Phi) is 4.63. The number of hydrogen-bond acceptors (Lipinski definition) is 4. The Balaban J connectivity index is 1.55. The highest BCUT2D eigenvalue weighted by molar-refractivity contribution is 7.80. The van der Waals surface area contributed by atoms with Crippen molar-refractivity contribution in [1.82, 2.24) is 15.1 Å². The zero-order chi connectivity index (χ0) is 19.0. The molecule has 3 heterocycles. The van der Waals surface area contributed by atoms with Crippen molar-refractivity contribution in [3.63, 3.8) is 0 Å². The number of anilines is 1. The molecule has 2 aromatic heterocycles. The summed E-state index contributed by atoms with van der Waals surface area (Å²) in [4.78, 5) is 16.6. The van der Waals surface area contributed by atoms with E-state index in [0.717, 1.165) is 17.0 Å². The lowest BCUT2D eigenvalue weighted by molar-refractivity contribution is -0.113. The second-order valence-electron chi connectivity index (χ2n) is 6.37. The molecule has 27 heavy (non-hydrogen) atoms. The lowest BCUT2D eigenvalue weighted by atomic mass is 10.1. The van der Waals surface area contributed by atoms with Crippen LogP contribution in [0.1, 0.15) is 21.0 Å². The molecule has 1 aromatic carbocycles. The third-order valence-electron chi connectivity index (χ3n) is 4.30. The Morgan fingerprint density at radius 1 is 1.22 bits per heavy atom. The number of nitrogens with one attached hydrogen (secondary N) is 1. The summed E-state index contributed by atoms with van der Waals surface area (Å²) in [6.07, 6.45) is 4.54. The number of aryl methyl sites for hydroxylation is 2. The van der Waals surface area contributed by atoms with Crippen molar-refractivity contribution in [3.8, 4) is 0 Å². The lowest BCUT2D eigenvalue weighted by Gasteiger charge is -2.11. The zero-order valence-electron chi connectivity index (χ0n) is 15.0. The first-order valence-corrected chi connectivity index (χ1v) is 9.74. The molecule has 0 spiro atoms. The first-order valence-electron chi connectivity index (χ1n) is 8.51. The summed E-state index contributed by atoms with van der Waals surface area (Å²) < 4.78 is 1.68. The van der Waals surface area contributed by atoms with Crippen LogP contribution in [-0.2, 0) is 18.3 Å². The summed E-state index contributed by atoms with van der Waals surface area (Å²) in [6.45, 7) is 1.86. The highest BCUT2D eigenvalue weighted by Crippen LogP contribution is 2.27. The molecule has 1 N–H and O–H groups in total. The van der Waals surface area contributed by atoms with E-state index in [-0.39, 0.29) is 5.91 Å². The molecule has 0 bridgehead atoms. The highest BCUT2D eigenvalue weighted by Gasteiger charge is 2.33. The number of thiophene rings is 1. The molecule has 1 fully saturated rings. The quantitative estimate of drug-likeness (QED) is 0.542. The van der Waals surface area contributed by atoms with Gasteiger partial charge in [0, 0.05) is 29.4 Å². The maximum absolute atomic E-state index is 12.9. The number of rotatable bonds is 4. The van der Waals surface area contributed by atoms with E-state index in [1.165, 1.54) is 15.3 Å². The van der Waals surface area contributed by atoms with E-state index >= 15 is 0 Å². The smallest absolute Gasteiger partial charge is 0.281 e. The van der Waals surface area contributed by atoms with Crippen molar-refractivity contribution in [3.05, 3.63) is 75.4 Å². The van der Waals surface area contributed by atoms with Gasteiger partial charge in [0.05, 0.1) is 11.4 Å². The van der Waals surface area contributed by atoms with Crippen molar-refractivity contribution in [2.24, 2.45) is 7.05 Å². The van der Waals surface area contributed by atoms with Gasteiger partial charge in [0.15, 0.2) is 5.11 Å². The minimum absolute atomic E-state index is 0.158. The second kappa shape index (κ2) is 7.09. The Morgan fingerprint density at radius 2 is 2.00 bits per heavy atom. The minimum Gasteiger partial charge on any atom is -0.327 e. The summed E-state index contributed by atoms with van der Waals surface area (Å²) in [5.41, 5.74) is 3.22. The SMILES string of the molecule is Cc1nn(C)cc1N1C(=O)/C(=C\c2ccc(Cc3ccccc3)s2)NC1=S. The molecular formula is C20H18N4OS2. The standard InChI is InChI=1S/C20H18N4OS2/c1-13-18(12-23(2)22-13)24-19(25)17(21-20(24)26)11-16-9-8-15(27-16)10-14-6-4-3-5-7-14/h3-9,11-12H,10H2,1-2H3,(H,21,26)/b17-11+. The fourth-order valence-electron chi connectivity index (χ4n) is 3.07. The normalized spacial score (nSPS) is 15.6. The Bertz CT molecular complexity index is 1050. The van der Waals surface area contributed by atoms with Crippen LogP contribution in [0.15, 0.2) is 54.4 Å². The predicted molar refractivity (Wildman–Crippen MR) is 113 cm³/mol. The van der Waals surface area contributed by atoms with Gasteiger partial charge in [0.25, 0.3) is 5.91 Å². The number of thiocarbonyl (C=S) groups is 1. The molecule has 3 aromatic rings. The maximum Gasteiger partial charge on any atom is 0.281 e. The number of carbonyl (C=O) groups excluding carboxylic acids is 1. The topological polar surface area (TPSA) is 50.2 Å². The molecule has 1 aliphatic heterocycles. The van der Waals surface area contributed by atoms with Gasteiger partial charge in [-0.05, 0) is 42.9 Å². The third-order valence-corrected chi connectivity index (χ3v) is 5.61. The van der Waals surface area contributed by atoms with Gasteiger partial charge in [-0.25, -0.2) is 4.90 Å². The van der Waals surface area contributed by atoms with Crippen molar-refractivity contribution in [2.75, 3.05) is 4.90 Å². The highest BCUT2D eigenvalue weighted by atomic mass is 32.1. The van der Waals surface area contributed by atoms with E-state index < -0.39 is 0 Å². The van der Waals surface area contributed by atoms with Gasteiger partial charge >= 0.3 is 0 Å². The van der Waals surface area contributed by atoms with Crippen LogP contribution in [0.2, 0.25) is 0 Å². The van der Waals surface area contributed by atoms with Crippen LogP contribution in [0.5, 0.6) is 0 Å². The Hall–Kier alpha value is -2.77. The average molecular weight is 395 g/mol. The molecule has 1 amide bonds. The number of amides is 1. The van der Waals surface area contributed by atoms with E-state index in [1.807, 2.05) is 44.3 Å². The summed E-state index contributed by atoms with van der Waals surface area (Å²) in [5, 5.41) is 7.71. The fraction of sp³-hybridized carbons (Fsp3) is 0.150. The van der Waals surface area contributed by atoms with Gasteiger partial charge in [-0.2, -0.15) is 5.10 Å². The Labute approximate surface area is 166 Å². The van der Waals surface area contributed by atoms with Crippen LogP contribution in [0.3, 0.4) is 0 Å². The van der Waals surface area contributed by atoms with Crippen LogP contribution in [0.4, 0.5) is 5.69 Å². The molecule has 5 nitrogen and oxygen atoms in total. The molecule has 7 heteroatoms. The average Bonchev–Trinajstić information content (AvgIpc) is 3.28. The molecule has 4 rings (SSSR count). The summed E-state index contributed by atoms with van der Waals surface area (Å²) in [6, 6.07) is 14.5. The molecular weight excluding hydrogens is 376 g/mol. The minimum atomic E-state index is -0.158. The fourth-order valence-corrected chi connectivity index (χ4v) is 4.35. The molecule has 136 valence electrons. The number of benzene rings is 1. The van der Waals surface area contributed by atoms with E-state index in [4.69, 9.17) is 12.2 Å². The maximum atomic E-state index is 12.9. The first kappa shape index (κ1) is 17.6. The van der Waals surface area contributed by atoms with Crippen LogP contribution in [0, 0.1) is 6.92 Å². The van der Waals surface area contributed by atoms with Gasteiger partial charge in [-0.1, -0.05) is 30.3 Å². The number of nitrogens with zero attached hydrogens (tertiary/aromatic N) is 3. The Morgan fingerprint density at radius 3 is 2.70 bits per heavy atom. The summed E-state index contributed by atoms with van der Waals surface area (Å²) >= 11 is 7.05. The summed E-state index contributed by atoms with van der Waals surface area (Å²) in [7, 11) is 1.82. The number of aromatic nitrogens is 2. The van der Waals surface area contributed by atoms with E-state index in [2.05, 4.69) is 28.6 Å². The van der Waals surface area contributed by atoms with Crippen molar-refractivity contribution >= 4 is 46.3 Å². The van der Waals surface area contributed by atoms with Gasteiger partial charge in [-0.15, -0.1) is 11.3 Å². The van der Waals surface area contributed by atoms with Gasteiger partial charge < -0.3 is 5.32 Å². The monoisotopic (exact) mass is 394 g/mol. The number of hydrogen-bond donors (Lipinski definition) is 1.